The van der Waals surface area contributed by atoms with Gasteiger partial charge in [-0.3, -0.25) is 4.79 Å². The minimum Gasteiger partial charge on any atom is -0.352 e. The number of nitrogens with zero attached hydrogens (tertiary/aromatic N) is 1. The van der Waals surface area contributed by atoms with Crippen molar-refractivity contribution in [3.05, 3.63) is 35.9 Å². The van der Waals surface area contributed by atoms with E-state index in [0.29, 0.717) is 25.9 Å². The molecule has 1 fully saturated rings. The second-order valence-electron chi connectivity index (χ2n) is 5.51. The number of benzene rings is 1. The first-order valence-electron chi connectivity index (χ1n) is 7.47. The number of nitrogens with one attached hydrogen (secondary N) is 2. The third-order valence-corrected chi connectivity index (χ3v) is 5.59. The summed E-state index contributed by atoms with van der Waals surface area (Å²) in [6.07, 6.45) is 1.31. The SMILES string of the molecule is CNCC(=O)NC1CCN(S(=O)(=O)Cc2ccccc2)CC1.Cl. The lowest BCUT2D eigenvalue weighted by atomic mass is 10.1. The van der Waals surface area contributed by atoms with Crippen molar-refractivity contribution in [1.29, 1.82) is 0 Å². The van der Waals surface area contributed by atoms with Gasteiger partial charge in [0, 0.05) is 19.1 Å². The lowest BCUT2D eigenvalue weighted by molar-refractivity contribution is -0.121. The molecule has 1 saturated heterocycles. The number of carbonyl (C=O) groups is 1. The zero-order valence-electron chi connectivity index (χ0n) is 13.2. The van der Waals surface area contributed by atoms with E-state index in [1.54, 1.807) is 7.05 Å². The Hall–Kier alpha value is -1.15. The van der Waals surface area contributed by atoms with Gasteiger partial charge in [-0.2, -0.15) is 0 Å². The van der Waals surface area contributed by atoms with E-state index < -0.39 is 10.0 Å². The molecule has 0 unspecified atom stereocenters. The number of sulfonamides is 1. The third kappa shape index (κ3) is 6.10. The summed E-state index contributed by atoms with van der Waals surface area (Å²) < 4.78 is 26.4. The van der Waals surface area contributed by atoms with E-state index in [1.165, 1.54) is 4.31 Å². The second kappa shape index (κ2) is 9.22. The predicted molar refractivity (Wildman–Crippen MR) is 93.0 cm³/mol. The van der Waals surface area contributed by atoms with Crippen LogP contribution in [0.25, 0.3) is 0 Å². The Kier molecular flexibility index (Phi) is 7.98. The van der Waals surface area contributed by atoms with E-state index >= 15 is 0 Å². The molecule has 0 atom stereocenters. The average molecular weight is 362 g/mol. The molecule has 0 spiro atoms. The highest BCUT2D eigenvalue weighted by molar-refractivity contribution is 7.88. The van der Waals surface area contributed by atoms with Crippen molar-refractivity contribution in [2.75, 3.05) is 26.7 Å². The van der Waals surface area contributed by atoms with Gasteiger partial charge in [-0.25, -0.2) is 12.7 Å². The molecule has 1 aromatic carbocycles. The van der Waals surface area contributed by atoms with Crippen LogP contribution in [0.15, 0.2) is 30.3 Å². The lowest BCUT2D eigenvalue weighted by Gasteiger charge is -2.31. The highest BCUT2D eigenvalue weighted by Gasteiger charge is 2.28. The average Bonchev–Trinajstić information content (AvgIpc) is 2.48. The minimum atomic E-state index is -3.29. The van der Waals surface area contributed by atoms with E-state index in [-0.39, 0.29) is 36.7 Å². The number of amides is 1. The fraction of sp³-hybridized carbons (Fsp3) is 0.533. The summed E-state index contributed by atoms with van der Waals surface area (Å²) in [6, 6.07) is 9.26. The molecule has 6 nitrogen and oxygen atoms in total. The quantitative estimate of drug-likeness (QED) is 0.783. The van der Waals surface area contributed by atoms with Gasteiger partial charge in [0.1, 0.15) is 0 Å². The van der Waals surface area contributed by atoms with Gasteiger partial charge in [0.2, 0.25) is 15.9 Å². The van der Waals surface area contributed by atoms with Crippen LogP contribution in [0.4, 0.5) is 0 Å². The minimum absolute atomic E-state index is 0. The monoisotopic (exact) mass is 361 g/mol. The highest BCUT2D eigenvalue weighted by atomic mass is 35.5. The molecule has 2 N–H and O–H groups in total. The Bertz CT molecular complexity index is 587. The van der Waals surface area contributed by atoms with Crippen molar-refractivity contribution in [3.8, 4) is 0 Å². The molecule has 0 aliphatic carbocycles. The normalized spacial score (nSPS) is 16.6. The third-order valence-electron chi connectivity index (χ3n) is 3.74. The fourth-order valence-electron chi connectivity index (χ4n) is 2.59. The molecule has 1 aromatic rings. The molecule has 1 heterocycles. The first kappa shape index (κ1) is 19.9. The molecule has 8 heteroatoms. The summed E-state index contributed by atoms with van der Waals surface area (Å²) in [4.78, 5) is 11.5. The maximum atomic E-state index is 12.4. The first-order valence-corrected chi connectivity index (χ1v) is 9.08. The second-order valence-corrected chi connectivity index (χ2v) is 7.48. The number of carbonyl (C=O) groups excluding carboxylic acids is 1. The van der Waals surface area contributed by atoms with Crippen molar-refractivity contribution in [3.63, 3.8) is 0 Å². The number of hydrogen-bond acceptors (Lipinski definition) is 4. The summed E-state index contributed by atoms with van der Waals surface area (Å²) in [5, 5.41) is 5.72. The summed E-state index contributed by atoms with van der Waals surface area (Å²) in [5.74, 6) is -0.0157. The van der Waals surface area contributed by atoms with E-state index in [4.69, 9.17) is 0 Å². The molecule has 0 bridgehead atoms. The molecule has 1 aliphatic rings. The number of piperidine rings is 1. The highest BCUT2D eigenvalue weighted by Crippen LogP contribution is 2.17. The summed E-state index contributed by atoms with van der Waals surface area (Å²) in [6.45, 7) is 1.20. The molecule has 23 heavy (non-hydrogen) atoms. The largest absolute Gasteiger partial charge is 0.352 e. The molecular weight excluding hydrogens is 338 g/mol. The topological polar surface area (TPSA) is 78.5 Å². The summed E-state index contributed by atoms with van der Waals surface area (Å²) >= 11 is 0. The van der Waals surface area contributed by atoms with Crippen LogP contribution in [0.1, 0.15) is 18.4 Å². The molecule has 0 saturated carbocycles. The van der Waals surface area contributed by atoms with E-state index in [9.17, 15) is 13.2 Å². The van der Waals surface area contributed by atoms with Crippen LogP contribution in [0.3, 0.4) is 0 Å². The smallest absolute Gasteiger partial charge is 0.234 e. The Morgan fingerprint density at radius 1 is 1.22 bits per heavy atom. The van der Waals surface area contributed by atoms with E-state index in [1.807, 2.05) is 30.3 Å². The van der Waals surface area contributed by atoms with Crippen molar-refractivity contribution in [1.82, 2.24) is 14.9 Å². The molecule has 0 radical (unpaired) electrons. The van der Waals surface area contributed by atoms with E-state index in [2.05, 4.69) is 10.6 Å². The van der Waals surface area contributed by atoms with Crippen LogP contribution < -0.4 is 10.6 Å². The van der Waals surface area contributed by atoms with Gasteiger partial charge in [-0.1, -0.05) is 30.3 Å². The molecule has 1 aliphatic heterocycles. The standard InChI is InChI=1S/C15H23N3O3S.ClH/c1-16-11-15(19)17-14-7-9-18(10-8-14)22(20,21)12-13-5-3-2-4-6-13;/h2-6,14,16H,7-12H2,1H3,(H,17,19);1H. The van der Waals surface area contributed by atoms with Gasteiger partial charge in [0.25, 0.3) is 0 Å². The number of likely N-dealkylation sites (N-methyl/N-ethyl adjacent to an activating group) is 1. The Morgan fingerprint density at radius 3 is 2.39 bits per heavy atom. The zero-order valence-corrected chi connectivity index (χ0v) is 14.8. The van der Waals surface area contributed by atoms with Crippen LogP contribution in [0.2, 0.25) is 0 Å². The molecule has 1 amide bonds. The van der Waals surface area contributed by atoms with Crippen LogP contribution in [-0.2, 0) is 20.6 Å². The van der Waals surface area contributed by atoms with Gasteiger partial charge in [0.05, 0.1) is 12.3 Å². The maximum Gasteiger partial charge on any atom is 0.234 e. The van der Waals surface area contributed by atoms with Gasteiger partial charge in [-0.15, -0.1) is 12.4 Å². The fourth-order valence-corrected chi connectivity index (χ4v) is 4.16. The molecular formula is C15H24ClN3O3S. The predicted octanol–water partition coefficient (Wildman–Crippen LogP) is 0.738. The van der Waals surface area contributed by atoms with Gasteiger partial charge in [0.15, 0.2) is 0 Å². The first-order chi connectivity index (χ1) is 10.5. The molecule has 0 aromatic heterocycles. The molecule has 130 valence electrons. The van der Waals surface area contributed by atoms with Crippen molar-refractivity contribution < 1.29 is 13.2 Å². The Morgan fingerprint density at radius 2 is 1.83 bits per heavy atom. The summed E-state index contributed by atoms with van der Waals surface area (Å²) in [5.41, 5.74) is 0.798. The van der Waals surface area contributed by atoms with Gasteiger partial charge >= 0.3 is 0 Å². The van der Waals surface area contributed by atoms with Crippen molar-refractivity contribution in [2.45, 2.75) is 24.6 Å². The number of hydrogen-bond donors (Lipinski definition) is 2. The van der Waals surface area contributed by atoms with Crippen molar-refractivity contribution in [2.24, 2.45) is 0 Å². The van der Waals surface area contributed by atoms with Gasteiger partial charge < -0.3 is 10.6 Å². The Labute approximate surface area is 144 Å². The van der Waals surface area contributed by atoms with Crippen LogP contribution in [0, 0.1) is 0 Å². The van der Waals surface area contributed by atoms with Gasteiger partial charge in [-0.05, 0) is 25.5 Å². The number of halogens is 1. The summed E-state index contributed by atoms with van der Waals surface area (Å²) in [7, 11) is -1.57. The zero-order chi connectivity index (χ0) is 16.0. The maximum absolute atomic E-state index is 12.4. The Balaban J connectivity index is 0.00000264. The lowest BCUT2D eigenvalue weighted by Crippen LogP contribution is -2.48. The van der Waals surface area contributed by atoms with Crippen LogP contribution in [-0.4, -0.2) is 51.4 Å². The van der Waals surface area contributed by atoms with Crippen molar-refractivity contribution >= 4 is 28.3 Å². The van der Waals surface area contributed by atoms with Crippen LogP contribution >= 0.6 is 12.4 Å². The van der Waals surface area contributed by atoms with Crippen LogP contribution in [0.5, 0.6) is 0 Å². The molecule has 2 rings (SSSR count). The number of rotatable bonds is 6. The van der Waals surface area contributed by atoms with E-state index in [0.717, 1.165) is 5.56 Å².